The van der Waals surface area contributed by atoms with E-state index in [1.807, 2.05) is 57.2 Å². The average molecular weight is 424 g/mol. The second-order valence-corrected chi connectivity index (χ2v) is 8.82. The van der Waals surface area contributed by atoms with Crippen LogP contribution in [0.4, 0.5) is 5.69 Å². The smallest absolute Gasteiger partial charge is 0.262 e. The first-order valence-electron chi connectivity index (χ1n) is 10.4. The Hall–Kier alpha value is -2.60. The molecule has 3 rings (SSSR count). The summed E-state index contributed by atoms with van der Waals surface area (Å²) in [7, 11) is 0. The highest BCUT2D eigenvalue weighted by Crippen LogP contribution is 2.28. The van der Waals surface area contributed by atoms with Gasteiger partial charge in [0.05, 0.1) is 16.7 Å². The summed E-state index contributed by atoms with van der Waals surface area (Å²) in [6.07, 6.45) is 0.806. The fraction of sp³-hybridized carbons (Fsp3) is 0.375. The predicted molar refractivity (Wildman–Crippen MR) is 126 cm³/mol. The normalized spacial score (nSPS) is 12.3. The summed E-state index contributed by atoms with van der Waals surface area (Å²) in [5, 5.41) is 4.26. The Balaban J connectivity index is 1.87. The van der Waals surface area contributed by atoms with E-state index in [0.717, 1.165) is 23.2 Å². The fourth-order valence-electron chi connectivity index (χ4n) is 3.45. The van der Waals surface area contributed by atoms with Crippen LogP contribution in [-0.2, 0) is 4.79 Å². The summed E-state index contributed by atoms with van der Waals surface area (Å²) in [5.74, 6) is 0.396. The van der Waals surface area contributed by atoms with Crippen LogP contribution in [0.3, 0.4) is 0 Å². The lowest BCUT2D eigenvalue weighted by Crippen LogP contribution is -2.26. The Morgan fingerprint density at radius 2 is 1.87 bits per heavy atom. The minimum absolute atomic E-state index is 0.00378. The molecule has 1 amide bonds. The molecule has 6 heteroatoms. The lowest BCUT2D eigenvalue weighted by atomic mass is 9.98. The number of hydrogen-bond donors (Lipinski definition) is 1. The first kappa shape index (κ1) is 22.1. The number of aryl methyl sites for hydroxylation is 1. The Labute approximate surface area is 181 Å². The Bertz CT molecular complexity index is 1120. The van der Waals surface area contributed by atoms with Crippen molar-refractivity contribution in [1.82, 2.24) is 9.55 Å². The van der Waals surface area contributed by atoms with Crippen LogP contribution in [0.15, 0.2) is 52.4 Å². The van der Waals surface area contributed by atoms with E-state index in [1.54, 1.807) is 10.6 Å². The molecule has 1 aromatic heterocycles. The van der Waals surface area contributed by atoms with E-state index in [9.17, 15) is 9.59 Å². The van der Waals surface area contributed by atoms with Crippen molar-refractivity contribution in [3.63, 3.8) is 0 Å². The van der Waals surface area contributed by atoms with Crippen LogP contribution in [-0.4, -0.2) is 21.2 Å². The third-order valence-corrected chi connectivity index (χ3v) is 6.28. The van der Waals surface area contributed by atoms with Crippen LogP contribution in [0.5, 0.6) is 0 Å². The molecular weight excluding hydrogens is 394 g/mol. The molecule has 0 aliphatic carbocycles. The summed E-state index contributed by atoms with van der Waals surface area (Å²) >= 11 is 1.31. The summed E-state index contributed by atoms with van der Waals surface area (Å²) in [6, 6.07) is 13.4. The highest BCUT2D eigenvalue weighted by Gasteiger charge is 2.18. The van der Waals surface area contributed by atoms with Gasteiger partial charge in [-0.3, -0.25) is 14.2 Å². The number of nitrogens with one attached hydrogen (secondary N) is 1. The topological polar surface area (TPSA) is 64.0 Å². The molecule has 0 unspecified atom stereocenters. The van der Waals surface area contributed by atoms with Crippen molar-refractivity contribution in [3.05, 3.63) is 63.9 Å². The predicted octanol–water partition coefficient (Wildman–Crippen LogP) is 5.53. The van der Waals surface area contributed by atoms with Gasteiger partial charge in [-0.1, -0.05) is 62.9 Å². The van der Waals surface area contributed by atoms with Crippen LogP contribution >= 0.6 is 11.8 Å². The lowest BCUT2D eigenvalue weighted by Gasteiger charge is -2.19. The Kier molecular flexibility index (Phi) is 6.98. The number of hydrogen-bond acceptors (Lipinski definition) is 4. The third kappa shape index (κ3) is 4.59. The molecule has 2 aromatic carbocycles. The number of thioether (sulfide) groups is 1. The molecule has 0 fully saturated rings. The molecule has 1 N–H and O–H groups in total. The van der Waals surface area contributed by atoms with Crippen molar-refractivity contribution >= 4 is 34.3 Å². The van der Waals surface area contributed by atoms with E-state index in [4.69, 9.17) is 4.98 Å². The zero-order valence-corrected chi connectivity index (χ0v) is 19.0. The van der Waals surface area contributed by atoms with Crippen LogP contribution in [0, 0.1) is 6.92 Å². The number of carbonyl (C=O) groups is 1. The van der Waals surface area contributed by atoms with Gasteiger partial charge in [0.15, 0.2) is 5.16 Å². The molecule has 0 bridgehead atoms. The molecule has 30 heavy (non-hydrogen) atoms. The first-order chi connectivity index (χ1) is 14.3. The third-order valence-electron chi connectivity index (χ3n) is 5.33. The van der Waals surface area contributed by atoms with Gasteiger partial charge in [0.25, 0.3) is 5.56 Å². The maximum atomic E-state index is 13.1. The standard InChI is InChI=1S/C24H29N3O2S/c1-6-17(5)27-23(29)19-11-7-8-13-20(19)25-24(27)30-14-21(28)26-22-16(4)10-9-12-18(22)15(2)3/h7-13,15,17H,6,14H2,1-5H3,(H,26,28)/t17-/m0/s1. The number of rotatable bonds is 7. The van der Waals surface area contributed by atoms with Crippen LogP contribution < -0.4 is 10.9 Å². The summed E-state index contributed by atoms with van der Waals surface area (Å²) < 4.78 is 1.72. The molecule has 0 saturated carbocycles. The van der Waals surface area contributed by atoms with Gasteiger partial charge >= 0.3 is 0 Å². The van der Waals surface area contributed by atoms with E-state index in [-0.39, 0.29) is 23.3 Å². The molecule has 3 aromatic rings. The van der Waals surface area contributed by atoms with Crippen LogP contribution in [0.1, 0.15) is 57.2 Å². The second kappa shape index (κ2) is 9.47. The van der Waals surface area contributed by atoms with Gasteiger partial charge in [0, 0.05) is 11.7 Å². The Morgan fingerprint density at radius 3 is 2.57 bits per heavy atom. The Morgan fingerprint density at radius 1 is 1.13 bits per heavy atom. The number of benzene rings is 2. The monoisotopic (exact) mass is 423 g/mol. The minimum atomic E-state index is -0.102. The maximum absolute atomic E-state index is 13.1. The number of anilines is 1. The molecule has 0 radical (unpaired) electrons. The molecule has 0 aliphatic rings. The largest absolute Gasteiger partial charge is 0.325 e. The molecule has 0 aliphatic heterocycles. The number of amides is 1. The first-order valence-corrected chi connectivity index (χ1v) is 11.4. The van der Waals surface area contributed by atoms with Gasteiger partial charge in [0.2, 0.25) is 5.91 Å². The van der Waals surface area contributed by atoms with Crippen molar-refractivity contribution < 1.29 is 4.79 Å². The number of aromatic nitrogens is 2. The van der Waals surface area contributed by atoms with E-state index >= 15 is 0 Å². The molecule has 0 saturated heterocycles. The fourth-order valence-corrected chi connectivity index (χ4v) is 4.34. The highest BCUT2D eigenvalue weighted by molar-refractivity contribution is 7.99. The molecule has 1 atom stereocenters. The van der Waals surface area contributed by atoms with Crippen molar-refractivity contribution in [2.45, 2.75) is 58.2 Å². The van der Waals surface area contributed by atoms with Gasteiger partial charge in [-0.25, -0.2) is 4.98 Å². The zero-order valence-electron chi connectivity index (χ0n) is 18.2. The molecule has 5 nitrogen and oxygen atoms in total. The van der Waals surface area contributed by atoms with Gasteiger partial charge in [-0.2, -0.15) is 0 Å². The maximum Gasteiger partial charge on any atom is 0.262 e. The van der Waals surface area contributed by atoms with Crippen LogP contribution in [0.25, 0.3) is 10.9 Å². The SMILES string of the molecule is CC[C@H](C)n1c(SCC(=O)Nc2c(C)cccc2C(C)C)nc2ccccc2c1=O. The molecule has 0 spiro atoms. The van der Waals surface area contributed by atoms with Gasteiger partial charge < -0.3 is 5.32 Å². The number of nitrogens with zero attached hydrogens (tertiary/aromatic N) is 2. The quantitative estimate of drug-likeness (QED) is 0.401. The van der Waals surface area contributed by atoms with Crippen molar-refractivity contribution in [3.8, 4) is 0 Å². The average Bonchev–Trinajstić information content (AvgIpc) is 2.73. The van der Waals surface area contributed by atoms with Crippen LogP contribution in [0.2, 0.25) is 0 Å². The van der Waals surface area contributed by atoms with E-state index in [1.165, 1.54) is 11.8 Å². The van der Waals surface area contributed by atoms with Gasteiger partial charge in [0.1, 0.15) is 0 Å². The molecule has 1 heterocycles. The molecule has 158 valence electrons. The zero-order chi connectivity index (χ0) is 21.8. The second-order valence-electron chi connectivity index (χ2n) is 7.87. The number of para-hydroxylation sites is 2. The lowest BCUT2D eigenvalue weighted by molar-refractivity contribution is -0.113. The minimum Gasteiger partial charge on any atom is -0.325 e. The number of fused-ring (bicyclic) bond motifs is 1. The number of carbonyl (C=O) groups excluding carboxylic acids is 1. The van der Waals surface area contributed by atoms with E-state index < -0.39 is 0 Å². The van der Waals surface area contributed by atoms with Crippen molar-refractivity contribution in [1.29, 1.82) is 0 Å². The highest BCUT2D eigenvalue weighted by atomic mass is 32.2. The van der Waals surface area contributed by atoms with E-state index in [0.29, 0.717) is 22.0 Å². The summed E-state index contributed by atoms with van der Waals surface area (Å²) in [6.45, 7) is 10.3. The summed E-state index contributed by atoms with van der Waals surface area (Å²) in [4.78, 5) is 30.5. The van der Waals surface area contributed by atoms with Gasteiger partial charge in [-0.05, 0) is 49.4 Å². The van der Waals surface area contributed by atoms with E-state index in [2.05, 4.69) is 19.2 Å². The van der Waals surface area contributed by atoms with Gasteiger partial charge in [-0.15, -0.1) is 0 Å². The van der Waals surface area contributed by atoms with Crippen molar-refractivity contribution in [2.75, 3.05) is 11.1 Å². The molecular formula is C24H29N3O2S. The van der Waals surface area contributed by atoms with Crippen molar-refractivity contribution in [2.24, 2.45) is 0 Å². The summed E-state index contributed by atoms with van der Waals surface area (Å²) in [5.41, 5.74) is 3.64.